The number of ether oxygens (including phenoxy) is 1. The maximum atomic E-state index is 13.0. The quantitative estimate of drug-likeness (QED) is 0.409. The third-order valence-corrected chi connectivity index (χ3v) is 6.81. The summed E-state index contributed by atoms with van der Waals surface area (Å²) in [5, 5.41) is 0. The van der Waals surface area contributed by atoms with Gasteiger partial charge in [0.05, 0.1) is 17.6 Å². The largest absolute Gasteiger partial charge is 0.465 e. The normalized spacial score (nSPS) is 11.2. The van der Waals surface area contributed by atoms with Crippen LogP contribution in [0.1, 0.15) is 21.5 Å². The number of hydrogen-bond acceptors (Lipinski definition) is 5. The SMILES string of the molecule is COC(=O)c1cc(S(=O)(=O)Nc2ccc(SCc3ccc(F)cc3)cc2)ccc1C. The number of halogens is 1. The third kappa shape index (κ3) is 5.40. The van der Waals surface area contributed by atoms with Crippen LogP contribution in [0.15, 0.2) is 76.5 Å². The number of methoxy groups -OCH3 is 1. The smallest absolute Gasteiger partial charge is 0.338 e. The van der Waals surface area contributed by atoms with Crippen LogP contribution in [-0.4, -0.2) is 21.5 Å². The van der Waals surface area contributed by atoms with Crippen LogP contribution in [0.25, 0.3) is 0 Å². The summed E-state index contributed by atoms with van der Waals surface area (Å²) in [6.07, 6.45) is 0. The molecule has 0 aliphatic carbocycles. The molecule has 0 heterocycles. The highest BCUT2D eigenvalue weighted by molar-refractivity contribution is 7.98. The van der Waals surface area contributed by atoms with E-state index in [0.29, 0.717) is 17.0 Å². The van der Waals surface area contributed by atoms with Crippen molar-refractivity contribution >= 4 is 33.4 Å². The van der Waals surface area contributed by atoms with E-state index in [1.807, 2.05) is 0 Å². The van der Waals surface area contributed by atoms with E-state index in [0.717, 1.165) is 10.5 Å². The molecule has 0 saturated carbocycles. The van der Waals surface area contributed by atoms with Gasteiger partial charge in [-0.3, -0.25) is 4.72 Å². The second kappa shape index (κ2) is 9.32. The zero-order chi connectivity index (χ0) is 21.7. The minimum Gasteiger partial charge on any atom is -0.465 e. The van der Waals surface area contributed by atoms with Gasteiger partial charge in [0.1, 0.15) is 5.82 Å². The van der Waals surface area contributed by atoms with Gasteiger partial charge in [-0.2, -0.15) is 0 Å². The standard InChI is InChI=1S/C22H20FNO4S2/c1-15-3-12-20(13-21(15)22(25)28-2)30(26,27)24-18-8-10-19(11-9-18)29-14-16-4-6-17(23)7-5-16/h3-13,24H,14H2,1-2H3. The molecule has 0 atom stereocenters. The Balaban J connectivity index is 1.69. The molecule has 156 valence electrons. The number of hydrogen-bond donors (Lipinski definition) is 1. The van der Waals surface area contributed by atoms with Gasteiger partial charge in [0.25, 0.3) is 10.0 Å². The second-order valence-electron chi connectivity index (χ2n) is 6.51. The first-order valence-electron chi connectivity index (χ1n) is 8.97. The van der Waals surface area contributed by atoms with E-state index in [1.54, 1.807) is 61.2 Å². The Hall–Kier alpha value is -2.84. The Morgan fingerprint density at radius 3 is 2.33 bits per heavy atom. The van der Waals surface area contributed by atoms with E-state index < -0.39 is 16.0 Å². The molecule has 8 heteroatoms. The van der Waals surface area contributed by atoms with Crippen LogP contribution >= 0.6 is 11.8 Å². The average molecular weight is 446 g/mol. The van der Waals surface area contributed by atoms with Gasteiger partial charge in [0, 0.05) is 16.3 Å². The van der Waals surface area contributed by atoms with E-state index in [1.165, 1.54) is 31.4 Å². The van der Waals surface area contributed by atoms with Crippen LogP contribution in [0.5, 0.6) is 0 Å². The Morgan fingerprint density at radius 1 is 1.03 bits per heavy atom. The highest BCUT2D eigenvalue weighted by atomic mass is 32.2. The fourth-order valence-electron chi connectivity index (χ4n) is 2.68. The van der Waals surface area contributed by atoms with E-state index in [4.69, 9.17) is 4.74 Å². The van der Waals surface area contributed by atoms with Crippen molar-refractivity contribution in [3.63, 3.8) is 0 Å². The number of nitrogens with one attached hydrogen (secondary N) is 1. The Bertz CT molecular complexity index is 1140. The average Bonchev–Trinajstić information content (AvgIpc) is 2.74. The molecule has 1 N–H and O–H groups in total. The minimum absolute atomic E-state index is 0.0248. The highest BCUT2D eigenvalue weighted by Gasteiger charge is 2.18. The third-order valence-electron chi connectivity index (χ3n) is 4.35. The number of anilines is 1. The fraction of sp³-hybridized carbons (Fsp3) is 0.136. The van der Waals surface area contributed by atoms with Crippen LogP contribution in [0.2, 0.25) is 0 Å². The van der Waals surface area contributed by atoms with Crippen molar-refractivity contribution < 1.29 is 22.3 Å². The molecule has 30 heavy (non-hydrogen) atoms. The molecule has 5 nitrogen and oxygen atoms in total. The molecule has 0 radical (unpaired) electrons. The maximum Gasteiger partial charge on any atom is 0.338 e. The van der Waals surface area contributed by atoms with Crippen molar-refractivity contribution in [3.05, 3.63) is 89.2 Å². The van der Waals surface area contributed by atoms with Gasteiger partial charge >= 0.3 is 5.97 Å². The van der Waals surface area contributed by atoms with Crippen molar-refractivity contribution in [2.75, 3.05) is 11.8 Å². The zero-order valence-electron chi connectivity index (χ0n) is 16.4. The lowest BCUT2D eigenvalue weighted by Gasteiger charge is -2.11. The zero-order valence-corrected chi connectivity index (χ0v) is 18.0. The number of esters is 1. The molecule has 0 saturated heterocycles. The summed E-state index contributed by atoms with van der Waals surface area (Å²) in [5.41, 5.74) is 2.23. The predicted octanol–water partition coefficient (Wildman–Crippen LogP) is 5.01. The molecule has 0 aliphatic rings. The molecule has 0 amide bonds. The van der Waals surface area contributed by atoms with Crippen LogP contribution in [0.3, 0.4) is 0 Å². The van der Waals surface area contributed by atoms with Gasteiger partial charge in [-0.15, -0.1) is 11.8 Å². The lowest BCUT2D eigenvalue weighted by molar-refractivity contribution is 0.0599. The van der Waals surface area contributed by atoms with Crippen molar-refractivity contribution in [2.24, 2.45) is 0 Å². The summed E-state index contributed by atoms with van der Waals surface area (Å²) >= 11 is 1.56. The Labute approximate surface area is 179 Å². The van der Waals surface area contributed by atoms with Gasteiger partial charge in [0.2, 0.25) is 0 Å². The second-order valence-corrected chi connectivity index (χ2v) is 9.24. The fourth-order valence-corrected chi connectivity index (χ4v) is 4.62. The summed E-state index contributed by atoms with van der Waals surface area (Å²) in [6.45, 7) is 1.71. The molecule has 0 fully saturated rings. The number of rotatable bonds is 7. The molecular formula is C22H20FNO4S2. The van der Waals surface area contributed by atoms with Gasteiger partial charge in [-0.1, -0.05) is 18.2 Å². The molecule has 0 unspecified atom stereocenters. The summed E-state index contributed by atoms with van der Waals surface area (Å²) < 4.78 is 45.6. The number of thioether (sulfide) groups is 1. The van der Waals surface area contributed by atoms with Gasteiger partial charge in [0.15, 0.2) is 0 Å². The van der Waals surface area contributed by atoms with Crippen molar-refractivity contribution in [1.29, 1.82) is 0 Å². The molecule has 3 aromatic rings. The number of carbonyl (C=O) groups excluding carboxylic acids is 1. The molecule has 0 aliphatic heterocycles. The summed E-state index contributed by atoms with van der Waals surface area (Å²) in [6, 6.07) is 17.6. The van der Waals surface area contributed by atoms with Crippen LogP contribution < -0.4 is 4.72 Å². The van der Waals surface area contributed by atoms with Crippen molar-refractivity contribution in [2.45, 2.75) is 22.5 Å². The van der Waals surface area contributed by atoms with E-state index in [2.05, 4.69) is 4.72 Å². The Morgan fingerprint density at radius 2 is 1.70 bits per heavy atom. The number of carbonyl (C=O) groups is 1. The predicted molar refractivity (Wildman–Crippen MR) is 116 cm³/mol. The van der Waals surface area contributed by atoms with Crippen LogP contribution in [0, 0.1) is 12.7 Å². The summed E-state index contributed by atoms with van der Waals surface area (Å²) in [5.74, 6) is -0.190. The van der Waals surface area contributed by atoms with Crippen LogP contribution in [-0.2, 0) is 20.5 Å². The number of benzene rings is 3. The van der Waals surface area contributed by atoms with Crippen molar-refractivity contribution in [3.8, 4) is 0 Å². The maximum absolute atomic E-state index is 13.0. The van der Waals surface area contributed by atoms with E-state index in [9.17, 15) is 17.6 Å². The first-order valence-corrected chi connectivity index (χ1v) is 11.4. The van der Waals surface area contributed by atoms with Crippen LogP contribution in [0.4, 0.5) is 10.1 Å². The first-order chi connectivity index (χ1) is 14.3. The lowest BCUT2D eigenvalue weighted by atomic mass is 10.1. The highest BCUT2D eigenvalue weighted by Crippen LogP contribution is 2.26. The monoisotopic (exact) mass is 445 g/mol. The summed E-state index contributed by atoms with van der Waals surface area (Å²) in [4.78, 5) is 12.8. The molecule has 0 aromatic heterocycles. The molecule has 0 spiro atoms. The summed E-state index contributed by atoms with van der Waals surface area (Å²) in [7, 11) is -2.62. The number of aryl methyl sites for hydroxylation is 1. The molecule has 3 rings (SSSR count). The minimum atomic E-state index is -3.87. The van der Waals surface area contributed by atoms with Gasteiger partial charge < -0.3 is 4.74 Å². The number of sulfonamides is 1. The van der Waals surface area contributed by atoms with Crippen molar-refractivity contribution in [1.82, 2.24) is 0 Å². The topological polar surface area (TPSA) is 72.5 Å². The molecular weight excluding hydrogens is 425 g/mol. The Kier molecular flexibility index (Phi) is 6.79. The molecule has 0 bridgehead atoms. The lowest BCUT2D eigenvalue weighted by Crippen LogP contribution is -2.14. The molecule has 3 aromatic carbocycles. The van der Waals surface area contributed by atoms with Gasteiger partial charge in [-0.05, 0) is 66.6 Å². The van der Waals surface area contributed by atoms with E-state index >= 15 is 0 Å². The van der Waals surface area contributed by atoms with Gasteiger partial charge in [-0.25, -0.2) is 17.6 Å². The first kappa shape index (κ1) is 21.9. The van der Waals surface area contributed by atoms with E-state index in [-0.39, 0.29) is 16.3 Å².